The highest BCUT2D eigenvalue weighted by Gasteiger charge is 2.34. The van der Waals surface area contributed by atoms with Gasteiger partial charge in [0.2, 0.25) is 0 Å². The minimum atomic E-state index is -0.0540. The van der Waals surface area contributed by atoms with Crippen LogP contribution in [0.4, 0.5) is 0 Å². The smallest absolute Gasteiger partial charge is 0.266 e. The van der Waals surface area contributed by atoms with Gasteiger partial charge in [0.15, 0.2) is 11.5 Å². The number of thioether (sulfide) groups is 1. The molecule has 3 rings (SSSR count). The Hall–Kier alpha value is -1.57. The Morgan fingerprint density at radius 3 is 2.89 bits per heavy atom. The van der Waals surface area contributed by atoms with Crippen LogP contribution in [-0.4, -0.2) is 48.1 Å². The van der Waals surface area contributed by atoms with E-state index in [-0.39, 0.29) is 12.0 Å². The second kappa shape index (κ2) is 9.76. The summed E-state index contributed by atoms with van der Waals surface area (Å²) in [6.07, 6.45) is 4.95. The minimum absolute atomic E-state index is 0.0540. The maximum atomic E-state index is 12.8. The lowest BCUT2D eigenvalue weighted by atomic mass is 10.1. The molecular formula is C21H27NO4S2. The van der Waals surface area contributed by atoms with Crippen LogP contribution in [-0.2, 0) is 9.53 Å². The lowest BCUT2D eigenvalue weighted by molar-refractivity contribution is -0.123. The van der Waals surface area contributed by atoms with Gasteiger partial charge in [0.25, 0.3) is 5.91 Å². The highest BCUT2D eigenvalue weighted by Crippen LogP contribution is 2.35. The van der Waals surface area contributed by atoms with Crippen molar-refractivity contribution in [2.45, 2.75) is 39.2 Å². The number of rotatable bonds is 8. The molecule has 0 radical (unpaired) electrons. The number of carbonyl (C=O) groups is 1. The van der Waals surface area contributed by atoms with Crippen LogP contribution in [0.5, 0.6) is 11.5 Å². The molecule has 0 aliphatic carbocycles. The van der Waals surface area contributed by atoms with Gasteiger partial charge in [-0.2, -0.15) is 0 Å². The Balaban J connectivity index is 1.70. The average molecular weight is 422 g/mol. The molecular weight excluding hydrogens is 394 g/mol. The fourth-order valence-electron chi connectivity index (χ4n) is 3.10. The molecule has 2 aliphatic heterocycles. The Kier molecular flexibility index (Phi) is 7.37. The van der Waals surface area contributed by atoms with Gasteiger partial charge < -0.3 is 14.2 Å². The lowest BCUT2D eigenvalue weighted by Crippen LogP contribution is -2.35. The summed E-state index contributed by atoms with van der Waals surface area (Å²) in [7, 11) is 1.62. The van der Waals surface area contributed by atoms with E-state index in [1.807, 2.05) is 24.3 Å². The van der Waals surface area contributed by atoms with Gasteiger partial charge in [-0.1, -0.05) is 43.9 Å². The molecule has 0 spiro atoms. The van der Waals surface area contributed by atoms with Crippen molar-refractivity contribution in [3.8, 4) is 11.5 Å². The zero-order valence-electron chi connectivity index (χ0n) is 16.6. The van der Waals surface area contributed by atoms with E-state index in [0.717, 1.165) is 31.4 Å². The van der Waals surface area contributed by atoms with E-state index in [1.165, 1.54) is 11.8 Å². The van der Waals surface area contributed by atoms with Crippen LogP contribution in [0.2, 0.25) is 0 Å². The van der Waals surface area contributed by atoms with Crippen molar-refractivity contribution < 1.29 is 19.0 Å². The summed E-state index contributed by atoms with van der Waals surface area (Å²) in [5, 5.41) is 0. The molecule has 7 heteroatoms. The van der Waals surface area contributed by atoms with Gasteiger partial charge in [-0.15, -0.1) is 0 Å². The molecule has 152 valence electrons. The highest BCUT2D eigenvalue weighted by molar-refractivity contribution is 8.26. The summed E-state index contributed by atoms with van der Waals surface area (Å²) in [6.45, 7) is 6.28. The van der Waals surface area contributed by atoms with Gasteiger partial charge in [-0.25, -0.2) is 0 Å². The van der Waals surface area contributed by atoms with Gasteiger partial charge in [-0.3, -0.25) is 9.69 Å². The average Bonchev–Trinajstić information content (AvgIpc) is 3.27. The second-order valence-electron chi connectivity index (χ2n) is 7.37. The summed E-state index contributed by atoms with van der Waals surface area (Å²) < 4.78 is 17.5. The number of hydrogen-bond acceptors (Lipinski definition) is 6. The van der Waals surface area contributed by atoms with E-state index in [0.29, 0.717) is 39.8 Å². The first-order valence-electron chi connectivity index (χ1n) is 9.65. The predicted octanol–water partition coefficient (Wildman–Crippen LogP) is 4.50. The number of methoxy groups -OCH3 is 1. The van der Waals surface area contributed by atoms with E-state index in [9.17, 15) is 4.79 Å². The van der Waals surface area contributed by atoms with Crippen molar-refractivity contribution in [3.05, 3.63) is 28.7 Å². The van der Waals surface area contributed by atoms with Gasteiger partial charge in [-0.05, 0) is 49.0 Å². The molecule has 28 heavy (non-hydrogen) atoms. The van der Waals surface area contributed by atoms with Crippen LogP contribution < -0.4 is 9.47 Å². The molecule has 1 aromatic carbocycles. The predicted molar refractivity (Wildman–Crippen MR) is 117 cm³/mol. The van der Waals surface area contributed by atoms with Gasteiger partial charge in [0.05, 0.1) is 31.3 Å². The van der Waals surface area contributed by atoms with Crippen LogP contribution in [0.25, 0.3) is 6.08 Å². The van der Waals surface area contributed by atoms with Crippen molar-refractivity contribution in [2.24, 2.45) is 5.92 Å². The molecule has 0 unspecified atom stereocenters. The number of amides is 1. The number of nitrogens with zero attached hydrogens (tertiary/aromatic N) is 1. The topological polar surface area (TPSA) is 48.0 Å². The molecule has 2 aliphatic rings. The van der Waals surface area contributed by atoms with Crippen molar-refractivity contribution in [1.29, 1.82) is 0 Å². The molecule has 0 N–H and O–H groups in total. The van der Waals surface area contributed by atoms with Gasteiger partial charge in [0, 0.05) is 6.61 Å². The van der Waals surface area contributed by atoms with Crippen molar-refractivity contribution in [1.82, 2.24) is 4.90 Å². The Morgan fingerprint density at radius 2 is 2.21 bits per heavy atom. The highest BCUT2D eigenvalue weighted by atomic mass is 32.2. The van der Waals surface area contributed by atoms with E-state index in [2.05, 4.69) is 13.8 Å². The molecule has 2 fully saturated rings. The van der Waals surface area contributed by atoms with Crippen LogP contribution in [0.1, 0.15) is 38.7 Å². The first-order chi connectivity index (χ1) is 13.5. The molecule has 0 bridgehead atoms. The molecule has 0 saturated carbocycles. The van der Waals surface area contributed by atoms with Crippen LogP contribution in [0.15, 0.2) is 23.1 Å². The first kappa shape index (κ1) is 21.1. The molecule has 1 aromatic rings. The second-order valence-corrected chi connectivity index (χ2v) is 9.04. The third kappa shape index (κ3) is 5.27. The van der Waals surface area contributed by atoms with E-state index in [1.54, 1.807) is 12.0 Å². The molecule has 5 nitrogen and oxygen atoms in total. The van der Waals surface area contributed by atoms with E-state index >= 15 is 0 Å². The Labute approximate surface area is 176 Å². The Bertz CT molecular complexity index is 757. The zero-order chi connectivity index (χ0) is 20.1. The summed E-state index contributed by atoms with van der Waals surface area (Å²) in [5.74, 6) is 1.90. The summed E-state index contributed by atoms with van der Waals surface area (Å²) >= 11 is 6.75. The summed E-state index contributed by atoms with van der Waals surface area (Å²) in [5.41, 5.74) is 0.880. The third-order valence-corrected chi connectivity index (χ3v) is 6.10. The monoisotopic (exact) mass is 421 g/mol. The fraction of sp³-hybridized carbons (Fsp3) is 0.524. The Morgan fingerprint density at radius 1 is 1.39 bits per heavy atom. The summed E-state index contributed by atoms with van der Waals surface area (Å²) in [4.78, 5) is 15.1. The number of carbonyl (C=O) groups excluding carboxylic acids is 1. The summed E-state index contributed by atoms with van der Waals surface area (Å²) in [6, 6.07) is 5.70. The molecule has 0 aromatic heterocycles. The molecule has 2 heterocycles. The SMILES string of the molecule is COc1cc(/C=C2\SC(=S)N(C[C@H]3CCCO3)C2=O)ccc1OCCC(C)C. The van der Waals surface area contributed by atoms with Crippen molar-refractivity contribution >= 4 is 40.3 Å². The van der Waals surface area contributed by atoms with Crippen molar-refractivity contribution in [3.63, 3.8) is 0 Å². The number of ether oxygens (including phenoxy) is 3. The maximum absolute atomic E-state index is 12.8. The van der Waals surface area contributed by atoms with E-state index in [4.69, 9.17) is 26.4 Å². The fourth-order valence-corrected chi connectivity index (χ4v) is 4.37. The lowest BCUT2D eigenvalue weighted by Gasteiger charge is -2.18. The van der Waals surface area contributed by atoms with Gasteiger partial charge in [0.1, 0.15) is 4.32 Å². The van der Waals surface area contributed by atoms with Crippen LogP contribution >= 0.6 is 24.0 Å². The standard InChI is InChI=1S/C21H27NO4S2/c1-14(2)8-10-26-17-7-6-15(11-18(17)24-3)12-19-20(23)22(21(27)28-19)13-16-5-4-9-25-16/h6-7,11-12,14,16H,4-5,8-10,13H2,1-3H3/b19-12-/t16-/m1/s1. The molecule has 1 amide bonds. The first-order valence-corrected chi connectivity index (χ1v) is 10.9. The molecule has 2 saturated heterocycles. The number of hydrogen-bond donors (Lipinski definition) is 0. The third-order valence-electron chi connectivity index (χ3n) is 4.72. The normalized spacial score (nSPS) is 21.2. The van der Waals surface area contributed by atoms with Crippen molar-refractivity contribution in [2.75, 3.05) is 26.9 Å². The van der Waals surface area contributed by atoms with Crippen LogP contribution in [0, 0.1) is 5.92 Å². The largest absolute Gasteiger partial charge is 0.493 e. The zero-order valence-corrected chi connectivity index (χ0v) is 18.2. The maximum Gasteiger partial charge on any atom is 0.266 e. The number of benzene rings is 1. The van der Waals surface area contributed by atoms with Gasteiger partial charge >= 0.3 is 0 Å². The number of thiocarbonyl (C=S) groups is 1. The van der Waals surface area contributed by atoms with E-state index < -0.39 is 0 Å². The minimum Gasteiger partial charge on any atom is -0.493 e. The van der Waals surface area contributed by atoms with Crippen LogP contribution in [0.3, 0.4) is 0 Å². The molecule has 1 atom stereocenters. The quantitative estimate of drug-likeness (QED) is 0.455.